The summed E-state index contributed by atoms with van der Waals surface area (Å²) in [5.74, 6) is 0.946. The molecule has 1 aromatic rings. The van der Waals surface area contributed by atoms with Gasteiger partial charge in [-0.25, -0.2) is 0 Å². The van der Waals surface area contributed by atoms with Crippen LogP contribution in [-0.2, 0) is 11.8 Å². The van der Waals surface area contributed by atoms with Gasteiger partial charge in [0.25, 0.3) is 0 Å². The van der Waals surface area contributed by atoms with Gasteiger partial charge in [0.15, 0.2) is 5.96 Å². The minimum Gasteiger partial charge on any atom is -0.370 e. The van der Waals surface area contributed by atoms with Crippen molar-refractivity contribution in [2.24, 2.45) is 12.0 Å². The quantitative estimate of drug-likeness (QED) is 0.423. The van der Waals surface area contributed by atoms with E-state index in [0.29, 0.717) is 6.61 Å². The average Bonchev–Trinajstić information content (AvgIpc) is 2.98. The fraction of sp³-hybridized carbons (Fsp3) is 0.733. The summed E-state index contributed by atoms with van der Waals surface area (Å²) in [6.07, 6.45) is 3.94. The molecule has 23 heavy (non-hydrogen) atoms. The van der Waals surface area contributed by atoms with E-state index in [1.807, 2.05) is 31.2 Å². The number of aryl methyl sites for hydroxylation is 1. The van der Waals surface area contributed by atoms with Crippen molar-refractivity contribution >= 4 is 29.9 Å². The van der Waals surface area contributed by atoms with E-state index in [1.54, 1.807) is 0 Å². The number of aliphatic imine (C=N–C) groups is 1. The van der Waals surface area contributed by atoms with E-state index in [2.05, 4.69) is 39.2 Å². The van der Waals surface area contributed by atoms with E-state index in [9.17, 15) is 0 Å². The molecule has 1 unspecified atom stereocenters. The molecule has 1 atom stereocenters. The molecule has 0 radical (unpaired) electrons. The number of nitrogens with zero attached hydrogens (tertiary/aromatic N) is 5. The molecule has 0 aliphatic carbocycles. The molecule has 0 bridgehead atoms. The van der Waals surface area contributed by atoms with Crippen molar-refractivity contribution < 1.29 is 4.74 Å². The maximum Gasteiger partial charge on any atom is 0.193 e. The predicted molar refractivity (Wildman–Crippen MR) is 103 cm³/mol. The highest BCUT2D eigenvalue weighted by Gasteiger charge is 2.24. The van der Waals surface area contributed by atoms with E-state index in [1.165, 1.54) is 0 Å². The number of morpholine rings is 1. The van der Waals surface area contributed by atoms with Gasteiger partial charge in [-0.15, -0.1) is 24.0 Å². The Morgan fingerprint density at radius 1 is 1.57 bits per heavy atom. The number of halogens is 1. The normalized spacial score (nSPS) is 18.9. The van der Waals surface area contributed by atoms with Crippen LogP contribution in [0.3, 0.4) is 0 Å². The van der Waals surface area contributed by atoms with Crippen molar-refractivity contribution in [2.45, 2.75) is 13.0 Å². The average molecular weight is 436 g/mol. The van der Waals surface area contributed by atoms with E-state index < -0.39 is 0 Å². The standard InChI is InChI=1S/C15H28N6O.HI/c1-5-19(3)7-6-17-15(16-2)21-8-9-22-14(12-21)13-10-18-20(4)11-13;/h10-11,14H,5-9,12H2,1-4H3,(H,16,17);1H. The van der Waals surface area contributed by atoms with Gasteiger partial charge >= 0.3 is 0 Å². The molecule has 1 aliphatic heterocycles. The Kier molecular flexibility index (Phi) is 8.85. The molecule has 0 spiro atoms. The van der Waals surface area contributed by atoms with E-state index >= 15 is 0 Å². The van der Waals surface area contributed by atoms with Crippen molar-refractivity contribution in [3.8, 4) is 0 Å². The molecule has 1 saturated heterocycles. The van der Waals surface area contributed by atoms with Crippen LogP contribution >= 0.6 is 24.0 Å². The van der Waals surface area contributed by atoms with Gasteiger partial charge in [0.2, 0.25) is 0 Å². The Hall–Kier alpha value is -0.870. The van der Waals surface area contributed by atoms with Crippen LogP contribution in [0.1, 0.15) is 18.6 Å². The maximum atomic E-state index is 5.88. The first-order valence-electron chi connectivity index (χ1n) is 7.88. The molecule has 132 valence electrons. The first-order valence-corrected chi connectivity index (χ1v) is 7.88. The summed E-state index contributed by atoms with van der Waals surface area (Å²) in [4.78, 5) is 8.94. The van der Waals surface area contributed by atoms with E-state index in [4.69, 9.17) is 4.74 Å². The number of rotatable bonds is 5. The zero-order valence-corrected chi connectivity index (χ0v) is 16.9. The van der Waals surface area contributed by atoms with Crippen LogP contribution < -0.4 is 5.32 Å². The van der Waals surface area contributed by atoms with Crippen molar-refractivity contribution in [1.29, 1.82) is 0 Å². The lowest BCUT2D eigenvalue weighted by atomic mass is 10.1. The van der Waals surface area contributed by atoms with Crippen LogP contribution in [-0.4, -0.2) is 79.0 Å². The lowest BCUT2D eigenvalue weighted by molar-refractivity contribution is -0.00803. The zero-order chi connectivity index (χ0) is 15.9. The molecule has 8 heteroatoms. The van der Waals surface area contributed by atoms with Gasteiger partial charge in [-0.05, 0) is 13.6 Å². The molecule has 0 amide bonds. The predicted octanol–water partition coefficient (Wildman–Crippen LogP) is 0.938. The monoisotopic (exact) mass is 436 g/mol. The summed E-state index contributed by atoms with van der Waals surface area (Å²) >= 11 is 0. The van der Waals surface area contributed by atoms with Crippen molar-refractivity contribution in [3.63, 3.8) is 0 Å². The third-order valence-corrected chi connectivity index (χ3v) is 3.99. The minimum atomic E-state index is 0. The summed E-state index contributed by atoms with van der Waals surface area (Å²) in [7, 11) is 5.88. The summed E-state index contributed by atoms with van der Waals surface area (Å²) in [6.45, 7) is 7.48. The third-order valence-electron chi connectivity index (χ3n) is 3.99. The largest absolute Gasteiger partial charge is 0.370 e. The fourth-order valence-corrected chi connectivity index (χ4v) is 2.50. The Labute approximate surface area is 156 Å². The zero-order valence-electron chi connectivity index (χ0n) is 14.5. The smallest absolute Gasteiger partial charge is 0.193 e. The number of guanidine groups is 1. The third kappa shape index (κ3) is 5.92. The lowest BCUT2D eigenvalue weighted by Gasteiger charge is -2.35. The Morgan fingerprint density at radius 3 is 2.96 bits per heavy atom. The Bertz CT molecular complexity index is 492. The summed E-state index contributed by atoms with van der Waals surface area (Å²) < 4.78 is 7.69. The van der Waals surface area contributed by atoms with Crippen LogP contribution in [0.4, 0.5) is 0 Å². The highest BCUT2D eigenvalue weighted by Crippen LogP contribution is 2.21. The second-order valence-electron chi connectivity index (χ2n) is 5.62. The summed E-state index contributed by atoms with van der Waals surface area (Å²) in [5, 5.41) is 7.67. The molecule has 2 rings (SSSR count). The van der Waals surface area contributed by atoms with Crippen LogP contribution in [0.25, 0.3) is 0 Å². The molecule has 1 fully saturated rings. The first-order chi connectivity index (χ1) is 10.6. The van der Waals surface area contributed by atoms with Gasteiger partial charge in [-0.3, -0.25) is 9.67 Å². The number of ether oxygens (including phenoxy) is 1. The second kappa shape index (κ2) is 10.1. The molecule has 7 nitrogen and oxygen atoms in total. The van der Waals surface area contributed by atoms with Crippen LogP contribution in [0, 0.1) is 0 Å². The van der Waals surface area contributed by atoms with Gasteiger partial charge in [0.05, 0.1) is 19.3 Å². The Morgan fingerprint density at radius 2 is 2.35 bits per heavy atom. The maximum absolute atomic E-state index is 5.88. The number of hydrogen-bond acceptors (Lipinski definition) is 4. The van der Waals surface area contributed by atoms with Crippen LogP contribution in [0.2, 0.25) is 0 Å². The van der Waals surface area contributed by atoms with Gasteiger partial charge < -0.3 is 19.9 Å². The van der Waals surface area contributed by atoms with Crippen LogP contribution in [0.15, 0.2) is 17.4 Å². The number of hydrogen-bond donors (Lipinski definition) is 1. The SMILES string of the molecule is CCN(C)CCNC(=NC)N1CCOC(c2cnn(C)c2)C1.I. The van der Waals surface area contributed by atoms with E-state index in [0.717, 1.165) is 44.2 Å². The molecular formula is C15H29IN6O. The second-order valence-corrected chi connectivity index (χ2v) is 5.62. The lowest BCUT2D eigenvalue weighted by Crippen LogP contribution is -2.49. The summed E-state index contributed by atoms with van der Waals surface area (Å²) in [6, 6.07) is 0. The van der Waals surface area contributed by atoms with Crippen molar-refractivity contribution in [2.75, 3.05) is 53.4 Å². The highest BCUT2D eigenvalue weighted by molar-refractivity contribution is 14.0. The molecule has 1 aliphatic rings. The molecule has 1 aromatic heterocycles. The van der Waals surface area contributed by atoms with Gasteiger partial charge in [-0.1, -0.05) is 6.92 Å². The topological polar surface area (TPSA) is 57.9 Å². The highest BCUT2D eigenvalue weighted by atomic mass is 127. The summed E-state index contributed by atoms with van der Waals surface area (Å²) in [5.41, 5.74) is 1.12. The molecule has 2 heterocycles. The number of aromatic nitrogens is 2. The molecule has 1 N–H and O–H groups in total. The van der Waals surface area contributed by atoms with Gasteiger partial charge in [0, 0.05) is 45.5 Å². The van der Waals surface area contributed by atoms with Gasteiger partial charge in [0.1, 0.15) is 6.10 Å². The fourth-order valence-electron chi connectivity index (χ4n) is 2.50. The van der Waals surface area contributed by atoms with E-state index in [-0.39, 0.29) is 30.1 Å². The number of likely N-dealkylation sites (N-methyl/N-ethyl adjacent to an activating group) is 1. The van der Waals surface area contributed by atoms with Crippen LogP contribution in [0.5, 0.6) is 0 Å². The van der Waals surface area contributed by atoms with Gasteiger partial charge in [-0.2, -0.15) is 5.10 Å². The minimum absolute atomic E-state index is 0. The first kappa shape index (κ1) is 20.2. The molecule has 0 saturated carbocycles. The number of nitrogens with one attached hydrogen (secondary N) is 1. The van der Waals surface area contributed by atoms with Crippen molar-refractivity contribution in [1.82, 2.24) is 24.9 Å². The molecular weight excluding hydrogens is 407 g/mol. The van der Waals surface area contributed by atoms with Crippen molar-refractivity contribution in [3.05, 3.63) is 18.0 Å². The molecule has 0 aromatic carbocycles. The Balaban J connectivity index is 0.00000264.